The van der Waals surface area contributed by atoms with Gasteiger partial charge in [0.2, 0.25) is 0 Å². The van der Waals surface area contributed by atoms with Gasteiger partial charge in [0.05, 0.1) is 11.1 Å². The largest absolute Gasteiger partial charge is 0.523 e. The van der Waals surface area contributed by atoms with Crippen molar-refractivity contribution in [2.45, 2.75) is 25.9 Å². The second-order valence-electron chi connectivity index (χ2n) is 9.49. The van der Waals surface area contributed by atoms with E-state index < -0.39 is 35.4 Å². The summed E-state index contributed by atoms with van der Waals surface area (Å²) in [6, 6.07) is 14.3. The van der Waals surface area contributed by atoms with Crippen LogP contribution in [0.5, 0.6) is 0 Å². The Labute approximate surface area is 231 Å². The van der Waals surface area contributed by atoms with Gasteiger partial charge in [0.15, 0.2) is 0 Å². The zero-order valence-corrected chi connectivity index (χ0v) is 21.2. The van der Waals surface area contributed by atoms with Crippen molar-refractivity contribution in [3.8, 4) is 12.1 Å². The number of benzene rings is 3. The third-order valence-electron chi connectivity index (χ3n) is 7.18. The normalized spacial score (nSPS) is 13.6. The first-order valence-corrected chi connectivity index (χ1v) is 12.1. The summed E-state index contributed by atoms with van der Waals surface area (Å²) in [5, 5.41) is 18.7. The number of halogens is 5. The van der Waals surface area contributed by atoms with E-state index in [1.54, 1.807) is 43.3 Å². The van der Waals surface area contributed by atoms with Crippen LogP contribution in [-0.2, 0) is 19.0 Å². The third kappa shape index (κ3) is 4.26. The lowest BCUT2D eigenvalue weighted by Gasteiger charge is -2.11. The van der Waals surface area contributed by atoms with Gasteiger partial charge in [0.1, 0.15) is 42.5 Å². The van der Waals surface area contributed by atoms with E-state index in [1.807, 2.05) is 0 Å². The molecule has 9 heteroatoms. The number of hydrogen-bond donors (Lipinski definition) is 0. The van der Waals surface area contributed by atoms with Crippen molar-refractivity contribution in [3.63, 3.8) is 0 Å². The molecule has 3 aromatic rings. The van der Waals surface area contributed by atoms with E-state index in [2.05, 4.69) is 9.69 Å². The maximum Gasteiger partial charge on any atom is 0.523 e. The predicted molar refractivity (Wildman–Crippen MR) is 139 cm³/mol. The summed E-state index contributed by atoms with van der Waals surface area (Å²) in [7, 11) is 0. The maximum atomic E-state index is 16.6. The topological polar surface area (TPSA) is 56.3 Å². The molecule has 0 saturated heterocycles. The number of nitriles is 2. The highest BCUT2D eigenvalue weighted by Gasteiger charge is 2.37. The van der Waals surface area contributed by atoms with E-state index >= 15 is 8.78 Å². The Hall–Kier alpha value is -5.51. The molecule has 2 aliphatic carbocycles. The van der Waals surface area contributed by atoms with Gasteiger partial charge in [-0.15, -0.1) is 0 Å². The standard InChI is InChI=1S/C32H15F5N4/c1-16-6-4-7-17(10-16)26-24(31(40-2)41-3)13-23-28(26)29(33)22-12-21(19(14-38)15-39)25(27(22)30(23)34)18-8-5-9-20(11-18)32(35,36)37/h4-11H,12-13H2,1H3. The van der Waals surface area contributed by atoms with Gasteiger partial charge in [-0.2, -0.15) is 33.4 Å². The first-order valence-electron chi connectivity index (χ1n) is 12.1. The molecule has 2 aliphatic rings. The molecule has 198 valence electrons. The molecule has 5 rings (SSSR count). The molecule has 0 aliphatic heterocycles. The summed E-state index contributed by atoms with van der Waals surface area (Å²) < 4.78 is 73.9. The van der Waals surface area contributed by atoms with Crippen LogP contribution in [-0.4, -0.2) is 0 Å². The van der Waals surface area contributed by atoms with Crippen LogP contribution in [0.1, 0.15) is 33.4 Å². The molecule has 0 aromatic heterocycles. The number of hydrogen-bond acceptors (Lipinski definition) is 2. The number of rotatable bonds is 2. The Kier molecular flexibility index (Phi) is 6.54. The molecule has 0 fully saturated rings. The van der Waals surface area contributed by atoms with Gasteiger partial charge in [-0.3, -0.25) is 0 Å². The lowest BCUT2D eigenvalue weighted by molar-refractivity contribution is -0.137. The van der Waals surface area contributed by atoms with Gasteiger partial charge < -0.3 is 0 Å². The number of aryl methyl sites for hydroxylation is 1. The van der Waals surface area contributed by atoms with E-state index in [0.717, 1.165) is 23.8 Å². The highest BCUT2D eigenvalue weighted by Crippen LogP contribution is 2.38. The van der Waals surface area contributed by atoms with Crippen LogP contribution >= 0.6 is 0 Å². The molecule has 3 aromatic carbocycles. The Morgan fingerprint density at radius 1 is 0.805 bits per heavy atom. The average Bonchev–Trinajstić information content (AvgIpc) is 3.54. The molecular formula is C32H15F5N4. The highest BCUT2D eigenvalue weighted by atomic mass is 19.4. The Balaban J connectivity index is 2.00. The molecule has 0 amide bonds. The van der Waals surface area contributed by atoms with Crippen LogP contribution in [0.2, 0.25) is 0 Å². The molecule has 0 unspecified atom stereocenters. The Morgan fingerprint density at radius 3 is 1.83 bits per heavy atom. The van der Waals surface area contributed by atoms with Crippen molar-refractivity contribution < 1.29 is 22.0 Å². The summed E-state index contributed by atoms with van der Waals surface area (Å²) in [6.45, 7) is 16.8. The number of alkyl halides is 3. The highest BCUT2D eigenvalue weighted by molar-refractivity contribution is 5.89. The molecule has 0 radical (unpaired) electrons. The lowest BCUT2D eigenvalue weighted by atomic mass is 9.94. The SMILES string of the molecule is [C-]#[N+]C([N+]#[C-])=C1Cc2c(F)c3c(c(F)c2=C1c1cccc(C)c1)CC(=C(C#N)C#N)C=3c1cccc(C(F)(F)F)c1. The molecular weight excluding hydrogens is 535 g/mol. The van der Waals surface area contributed by atoms with Gasteiger partial charge in [-0.05, 0) is 46.9 Å². The molecule has 0 atom stereocenters. The average molecular weight is 550 g/mol. The minimum Gasteiger partial charge on any atom is -0.206 e. The zero-order valence-electron chi connectivity index (χ0n) is 21.2. The van der Waals surface area contributed by atoms with E-state index in [1.165, 1.54) is 6.07 Å². The number of nitrogens with zero attached hydrogens (tertiary/aromatic N) is 4. The summed E-state index contributed by atoms with van der Waals surface area (Å²) in [5.41, 5.74) is -0.672. The smallest absolute Gasteiger partial charge is 0.206 e. The molecule has 0 bridgehead atoms. The fraction of sp³-hybridized carbons (Fsp3) is 0.125. The van der Waals surface area contributed by atoms with Crippen LogP contribution in [0.15, 0.2) is 71.1 Å². The van der Waals surface area contributed by atoms with Gasteiger partial charge in [-0.25, -0.2) is 8.78 Å². The Bertz CT molecular complexity index is 2020. The second-order valence-corrected chi connectivity index (χ2v) is 9.49. The Morgan fingerprint density at radius 2 is 1.32 bits per heavy atom. The van der Waals surface area contributed by atoms with Gasteiger partial charge >= 0.3 is 12.0 Å². The summed E-state index contributed by atoms with van der Waals surface area (Å²) in [5.74, 6) is -2.17. The number of fused-ring (bicyclic) bond motifs is 2. The van der Waals surface area contributed by atoms with E-state index in [9.17, 15) is 23.7 Å². The first-order chi connectivity index (χ1) is 19.5. The predicted octanol–water partition coefficient (Wildman–Crippen LogP) is 6.20. The monoisotopic (exact) mass is 550 g/mol. The van der Waals surface area contributed by atoms with Crippen molar-refractivity contribution in [2.75, 3.05) is 0 Å². The van der Waals surface area contributed by atoms with E-state index in [-0.39, 0.29) is 61.7 Å². The van der Waals surface area contributed by atoms with Crippen molar-refractivity contribution in [3.05, 3.63) is 149 Å². The third-order valence-corrected chi connectivity index (χ3v) is 7.18. The number of allylic oxidation sites excluding steroid dienone is 3. The van der Waals surface area contributed by atoms with Crippen LogP contribution < -0.4 is 10.4 Å². The van der Waals surface area contributed by atoms with Crippen molar-refractivity contribution in [2.24, 2.45) is 0 Å². The van der Waals surface area contributed by atoms with Crippen LogP contribution in [0, 0.1) is 54.4 Å². The van der Waals surface area contributed by atoms with Crippen LogP contribution in [0.3, 0.4) is 0 Å². The van der Waals surface area contributed by atoms with Crippen molar-refractivity contribution in [1.29, 1.82) is 10.5 Å². The molecule has 0 heterocycles. The van der Waals surface area contributed by atoms with E-state index in [0.29, 0.717) is 5.56 Å². The van der Waals surface area contributed by atoms with Gasteiger partial charge in [0, 0.05) is 34.4 Å². The molecule has 41 heavy (non-hydrogen) atoms. The van der Waals surface area contributed by atoms with Crippen molar-refractivity contribution in [1.82, 2.24) is 0 Å². The fourth-order valence-corrected chi connectivity index (χ4v) is 5.48. The minimum atomic E-state index is -4.73. The van der Waals surface area contributed by atoms with Crippen LogP contribution in [0.4, 0.5) is 22.0 Å². The lowest BCUT2D eigenvalue weighted by Crippen LogP contribution is -2.27. The molecule has 0 spiro atoms. The summed E-state index contributed by atoms with van der Waals surface area (Å²) in [6.07, 6.45) is -5.44. The van der Waals surface area contributed by atoms with Gasteiger partial charge in [0.25, 0.3) is 0 Å². The second kappa shape index (κ2) is 9.91. The molecule has 0 saturated carbocycles. The van der Waals surface area contributed by atoms with Gasteiger partial charge in [-0.1, -0.05) is 42.0 Å². The first kappa shape index (κ1) is 27.1. The van der Waals surface area contributed by atoms with Crippen LogP contribution in [0.25, 0.3) is 20.8 Å². The zero-order chi connectivity index (χ0) is 29.6. The van der Waals surface area contributed by atoms with Crippen molar-refractivity contribution >= 4 is 11.1 Å². The quantitative estimate of drug-likeness (QED) is 0.217. The summed E-state index contributed by atoms with van der Waals surface area (Å²) in [4.78, 5) is 6.56. The summed E-state index contributed by atoms with van der Waals surface area (Å²) >= 11 is 0. The van der Waals surface area contributed by atoms with E-state index in [4.69, 9.17) is 13.1 Å². The minimum absolute atomic E-state index is 0.0818. The molecule has 0 N–H and O–H groups in total. The molecule has 4 nitrogen and oxygen atoms in total. The fourth-order valence-electron chi connectivity index (χ4n) is 5.48. The maximum absolute atomic E-state index is 16.6.